The fourth-order valence-electron chi connectivity index (χ4n) is 0. The summed E-state index contributed by atoms with van der Waals surface area (Å²) < 4.78 is 0. The van der Waals surface area contributed by atoms with Gasteiger partial charge in [-0.2, -0.15) is 0 Å². The predicted octanol–water partition coefficient (Wildman–Crippen LogP) is -1.26. The minimum Gasteiger partial charge on any atom is -0.373 e. The molecule has 3 heteroatoms. The van der Waals surface area contributed by atoms with Crippen molar-refractivity contribution < 1.29 is 10.2 Å². The van der Waals surface area contributed by atoms with Crippen molar-refractivity contribution in [2.45, 2.75) is 12.5 Å². The van der Waals surface area contributed by atoms with Gasteiger partial charge < -0.3 is 10.2 Å². The lowest BCUT2D eigenvalue weighted by molar-refractivity contribution is 0.0296. The van der Waals surface area contributed by atoms with Gasteiger partial charge in [-0.3, -0.25) is 0 Å². The van der Waals surface area contributed by atoms with Crippen LogP contribution in [0.5, 0.6) is 0 Å². The second kappa shape index (κ2) is 2.38. The van der Waals surface area contributed by atoms with Crippen molar-refractivity contribution in [3.8, 4) is 0 Å². The summed E-state index contributed by atoms with van der Waals surface area (Å²) in [6.45, 7) is 1.78. The van der Waals surface area contributed by atoms with E-state index in [0.29, 0.717) is 0 Å². The van der Waals surface area contributed by atoms with Gasteiger partial charge >= 0.3 is 0 Å². The van der Waals surface area contributed by atoms with Crippen molar-refractivity contribution in [3.05, 3.63) is 0 Å². The number of hydrogen-bond donors (Lipinski definition) is 2. The third-order valence-electron chi connectivity index (χ3n) is 0.298. The van der Waals surface area contributed by atoms with Crippen LogP contribution in [0.3, 0.4) is 0 Å². The summed E-state index contributed by atoms with van der Waals surface area (Å²) in [5.74, 6) is -1.03. The molecule has 2 nitrogen and oxygen atoms in total. The maximum Gasteiger partial charge on any atom is 0.129 e. The van der Waals surface area contributed by atoms with Gasteiger partial charge in [0.25, 0.3) is 0 Å². The molecule has 0 fully saturated rings. The molecule has 0 aliphatic heterocycles. The maximum atomic E-state index is 7.95. The van der Waals surface area contributed by atoms with E-state index >= 15 is 0 Å². The Bertz CT molecular complexity index is 21.6. The molecule has 0 spiro atoms. The van der Waals surface area contributed by atoms with Crippen LogP contribution in [0, 0.1) is 0 Å². The third-order valence-corrected chi connectivity index (χ3v) is 0.894. The van der Waals surface area contributed by atoms with Crippen LogP contribution in [0.15, 0.2) is 0 Å². The van der Waals surface area contributed by atoms with Gasteiger partial charge in [-0.1, -0.05) is 6.55 Å². The quantitative estimate of drug-likeness (QED) is 0.312. The van der Waals surface area contributed by atoms with Crippen LogP contribution in [0.25, 0.3) is 0 Å². The van der Waals surface area contributed by atoms with Gasteiger partial charge in [-0.05, 0) is 0 Å². The minimum absolute atomic E-state index is 0.157. The van der Waals surface area contributed by atoms with Crippen LogP contribution >= 0.6 is 0 Å². The molecule has 0 aromatic heterocycles. The van der Waals surface area contributed by atoms with Crippen LogP contribution in [0.2, 0.25) is 6.55 Å². The van der Waals surface area contributed by atoms with E-state index < -0.39 is 5.91 Å². The van der Waals surface area contributed by atoms with Gasteiger partial charge in [0.05, 0.1) is 9.52 Å². The average molecular weight is 91.2 g/mol. The van der Waals surface area contributed by atoms with Crippen molar-refractivity contribution >= 4 is 9.52 Å². The smallest absolute Gasteiger partial charge is 0.129 e. The fourth-order valence-corrected chi connectivity index (χ4v) is 0. The lowest BCUT2D eigenvalue weighted by Gasteiger charge is -1.89. The summed E-state index contributed by atoms with van der Waals surface area (Å²) in [5.41, 5.74) is 0. The third kappa shape index (κ3) is 4.14. The normalized spacial score (nSPS) is 9.60. The molecule has 0 unspecified atom stereocenters. The zero-order chi connectivity index (χ0) is 4.28. The van der Waals surface area contributed by atoms with Gasteiger partial charge in [-0.15, -0.1) is 0 Å². The molecular weight excluding hydrogens is 84.1 g/mol. The summed E-state index contributed by atoms with van der Waals surface area (Å²) in [7, 11) is -0.157. The van der Waals surface area contributed by atoms with E-state index in [9.17, 15) is 0 Å². The first-order valence-electron chi connectivity index (χ1n) is 1.43. The van der Waals surface area contributed by atoms with Crippen molar-refractivity contribution in [1.29, 1.82) is 0 Å². The predicted molar refractivity (Wildman–Crippen MR) is 21.2 cm³/mol. The molecule has 5 heavy (non-hydrogen) atoms. The highest BCUT2D eigenvalue weighted by molar-refractivity contribution is 6.34. The van der Waals surface area contributed by atoms with Crippen molar-refractivity contribution in [2.24, 2.45) is 0 Å². The number of aliphatic hydroxyl groups is 2. The van der Waals surface area contributed by atoms with Crippen LogP contribution in [0.4, 0.5) is 0 Å². The molecule has 0 aromatic rings. The number of aliphatic hydroxyl groups excluding tert-OH is 1. The molecule has 0 heterocycles. The second-order valence-corrected chi connectivity index (χ2v) is 2.01. The lowest BCUT2D eigenvalue weighted by Crippen LogP contribution is -2.09. The first-order valence-corrected chi connectivity index (χ1v) is 3.25. The van der Waals surface area contributed by atoms with Gasteiger partial charge in [0, 0.05) is 0 Å². The van der Waals surface area contributed by atoms with Crippen LogP contribution in [-0.4, -0.2) is 25.6 Å². The molecule has 0 saturated heterocycles. The molecule has 1 radical (unpaired) electrons. The van der Waals surface area contributed by atoms with E-state index in [2.05, 4.69) is 0 Å². The van der Waals surface area contributed by atoms with E-state index in [-0.39, 0.29) is 9.52 Å². The molecule has 31 valence electrons. The SMILES string of the molecule is C[SiH]C(O)O. The molecule has 0 atom stereocenters. The highest BCUT2D eigenvalue weighted by atomic mass is 28.2. The van der Waals surface area contributed by atoms with E-state index in [1.807, 2.05) is 0 Å². The van der Waals surface area contributed by atoms with Crippen LogP contribution in [-0.2, 0) is 0 Å². The molecule has 0 amide bonds. The lowest BCUT2D eigenvalue weighted by atomic mass is 11.5. The average Bonchev–Trinajstić information content (AvgIpc) is 1.38. The Morgan fingerprint density at radius 2 is 1.80 bits per heavy atom. The van der Waals surface area contributed by atoms with Crippen molar-refractivity contribution in [1.82, 2.24) is 0 Å². The Balaban J connectivity index is 2.54. The van der Waals surface area contributed by atoms with E-state index in [1.54, 1.807) is 6.55 Å². The first kappa shape index (κ1) is 5.14. The standard InChI is InChI=1S/C2H7O2Si/c1-5-2(3)4/h2-5H,1H3. The zero-order valence-corrected chi connectivity index (χ0v) is 4.20. The summed E-state index contributed by atoms with van der Waals surface area (Å²) in [5, 5.41) is 15.9. The van der Waals surface area contributed by atoms with Gasteiger partial charge in [0.1, 0.15) is 5.91 Å². The monoisotopic (exact) mass is 91.0 g/mol. The molecule has 0 bridgehead atoms. The summed E-state index contributed by atoms with van der Waals surface area (Å²) in [4.78, 5) is 0. The van der Waals surface area contributed by atoms with E-state index in [1.165, 1.54) is 0 Å². The topological polar surface area (TPSA) is 40.5 Å². The highest BCUT2D eigenvalue weighted by Crippen LogP contribution is 1.62. The Morgan fingerprint density at radius 3 is 1.80 bits per heavy atom. The van der Waals surface area contributed by atoms with Gasteiger partial charge in [-0.25, -0.2) is 0 Å². The second-order valence-electron chi connectivity index (χ2n) is 0.747. The van der Waals surface area contributed by atoms with Crippen LogP contribution < -0.4 is 0 Å². The molecule has 0 aliphatic rings. The zero-order valence-electron chi connectivity index (χ0n) is 3.05. The minimum atomic E-state index is -1.03. The Kier molecular flexibility index (Phi) is 2.44. The first-order chi connectivity index (χ1) is 2.27. The van der Waals surface area contributed by atoms with E-state index in [4.69, 9.17) is 10.2 Å². The molecule has 2 N–H and O–H groups in total. The molecule has 0 aliphatic carbocycles. The van der Waals surface area contributed by atoms with Gasteiger partial charge in [0.15, 0.2) is 0 Å². The Morgan fingerprint density at radius 1 is 1.60 bits per heavy atom. The Hall–Kier alpha value is 0.137. The fraction of sp³-hybridized carbons (Fsp3) is 1.00. The molecular formula is C2H7O2Si. The summed E-state index contributed by atoms with van der Waals surface area (Å²) in [6, 6.07) is 0. The van der Waals surface area contributed by atoms with Gasteiger partial charge in [0.2, 0.25) is 0 Å². The largest absolute Gasteiger partial charge is 0.373 e. The highest BCUT2D eigenvalue weighted by Gasteiger charge is 1.85. The van der Waals surface area contributed by atoms with E-state index in [0.717, 1.165) is 0 Å². The molecule has 0 rings (SSSR count). The number of rotatable bonds is 1. The summed E-state index contributed by atoms with van der Waals surface area (Å²) >= 11 is 0. The number of hydrogen-bond acceptors (Lipinski definition) is 2. The maximum absolute atomic E-state index is 7.95. The van der Waals surface area contributed by atoms with Crippen molar-refractivity contribution in [3.63, 3.8) is 0 Å². The van der Waals surface area contributed by atoms with Crippen LogP contribution in [0.1, 0.15) is 0 Å². The van der Waals surface area contributed by atoms with Crippen molar-refractivity contribution in [2.75, 3.05) is 0 Å². The Labute approximate surface area is 33.3 Å². The molecule has 0 saturated carbocycles. The summed E-state index contributed by atoms with van der Waals surface area (Å²) in [6.07, 6.45) is 0. The molecule has 0 aromatic carbocycles.